The molecule has 0 saturated heterocycles. The van der Waals surface area contributed by atoms with Gasteiger partial charge in [-0.25, -0.2) is 9.78 Å². The second-order valence-electron chi connectivity index (χ2n) is 5.77. The molecule has 0 amide bonds. The van der Waals surface area contributed by atoms with E-state index in [1.807, 2.05) is 16.7 Å². The van der Waals surface area contributed by atoms with Crippen molar-refractivity contribution in [3.63, 3.8) is 0 Å². The van der Waals surface area contributed by atoms with Gasteiger partial charge in [-0.3, -0.25) is 0 Å². The van der Waals surface area contributed by atoms with Gasteiger partial charge in [0.25, 0.3) is 0 Å². The van der Waals surface area contributed by atoms with E-state index < -0.39 is 5.97 Å². The molecule has 0 radical (unpaired) electrons. The number of nitrogen functional groups attached to an aromatic ring is 1. The fourth-order valence-electron chi connectivity index (χ4n) is 2.58. The van der Waals surface area contributed by atoms with Crippen LogP contribution in [0.3, 0.4) is 0 Å². The highest BCUT2D eigenvalue weighted by Gasteiger charge is 2.14. The van der Waals surface area contributed by atoms with Crippen molar-refractivity contribution < 1.29 is 14.6 Å². The Labute approximate surface area is 164 Å². The normalized spacial score (nSPS) is 10.7. The summed E-state index contributed by atoms with van der Waals surface area (Å²) < 4.78 is 8.21. The highest BCUT2D eigenvalue weighted by molar-refractivity contribution is 9.10. The summed E-state index contributed by atoms with van der Waals surface area (Å²) in [6, 6.07) is 10.3. The number of carbonyl (C=O) groups is 1. The van der Waals surface area contributed by atoms with Crippen LogP contribution in [0.4, 0.5) is 5.82 Å². The van der Waals surface area contributed by atoms with E-state index in [0.717, 1.165) is 12.8 Å². The van der Waals surface area contributed by atoms with E-state index in [-0.39, 0.29) is 5.56 Å². The van der Waals surface area contributed by atoms with Gasteiger partial charge >= 0.3 is 5.97 Å². The molecule has 0 spiro atoms. The number of nitrogens with two attached hydrogens (primary N) is 1. The molecule has 9 heteroatoms. The summed E-state index contributed by atoms with van der Waals surface area (Å²) in [5.74, 6) is 0.411. The maximum atomic E-state index is 11.3. The largest absolute Gasteiger partial charge is 0.491 e. The van der Waals surface area contributed by atoms with Crippen molar-refractivity contribution >= 4 is 27.7 Å². The number of hydrogen-bond donors (Lipinski definition) is 2. The Bertz CT molecular complexity index is 944. The molecule has 2 heterocycles. The average molecular weight is 432 g/mol. The number of nitrogens with zero attached hydrogens (tertiary/aromatic N) is 4. The Morgan fingerprint density at radius 2 is 2.04 bits per heavy atom. The van der Waals surface area contributed by atoms with E-state index in [2.05, 4.69) is 31.1 Å². The third kappa shape index (κ3) is 4.62. The quantitative estimate of drug-likeness (QED) is 0.525. The number of aromatic carboxylic acids is 1. The predicted octanol–water partition coefficient (Wildman–Crippen LogP) is 3.24. The second kappa shape index (κ2) is 8.63. The summed E-state index contributed by atoms with van der Waals surface area (Å²) in [7, 11) is 0. The minimum Gasteiger partial charge on any atom is -0.491 e. The van der Waals surface area contributed by atoms with E-state index in [1.54, 1.807) is 24.5 Å². The number of aromatic nitrogens is 4. The number of para-hydroxylation sites is 1. The minimum absolute atomic E-state index is 0.137. The molecule has 1 aromatic carbocycles. The lowest BCUT2D eigenvalue weighted by Crippen LogP contribution is -2.07. The Kier molecular flexibility index (Phi) is 6.02. The third-order valence-corrected chi connectivity index (χ3v) is 4.48. The lowest BCUT2D eigenvalue weighted by molar-refractivity contribution is 0.0692. The van der Waals surface area contributed by atoms with Crippen LogP contribution < -0.4 is 10.5 Å². The topological polar surface area (TPSA) is 116 Å². The number of anilines is 1. The van der Waals surface area contributed by atoms with E-state index in [1.165, 1.54) is 6.07 Å². The van der Waals surface area contributed by atoms with E-state index >= 15 is 0 Å². The second-order valence-corrected chi connectivity index (χ2v) is 6.63. The zero-order valence-corrected chi connectivity index (χ0v) is 16.0. The lowest BCUT2D eigenvalue weighted by Gasteiger charge is -2.11. The molecule has 27 heavy (non-hydrogen) atoms. The van der Waals surface area contributed by atoms with Gasteiger partial charge in [0, 0.05) is 6.54 Å². The van der Waals surface area contributed by atoms with Gasteiger partial charge < -0.3 is 20.1 Å². The van der Waals surface area contributed by atoms with Gasteiger partial charge in [-0.1, -0.05) is 12.1 Å². The average Bonchev–Trinajstić information content (AvgIpc) is 3.11. The summed E-state index contributed by atoms with van der Waals surface area (Å²) in [6.45, 7) is 1.08. The summed E-state index contributed by atoms with van der Waals surface area (Å²) in [5, 5.41) is 17.3. The first-order chi connectivity index (χ1) is 13.1. The van der Waals surface area contributed by atoms with Crippen LogP contribution in [0.25, 0.3) is 11.5 Å². The summed E-state index contributed by atoms with van der Waals surface area (Å²) in [5.41, 5.74) is 6.53. The summed E-state index contributed by atoms with van der Waals surface area (Å²) in [4.78, 5) is 15.5. The molecule has 0 saturated carbocycles. The maximum absolute atomic E-state index is 11.3. The van der Waals surface area contributed by atoms with Crippen molar-refractivity contribution in [2.24, 2.45) is 0 Å². The van der Waals surface area contributed by atoms with Crippen LogP contribution in [-0.2, 0) is 6.54 Å². The van der Waals surface area contributed by atoms with Gasteiger partial charge in [-0.2, -0.15) is 0 Å². The van der Waals surface area contributed by atoms with Crippen LogP contribution in [0.5, 0.6) is 5.75 Å². The van der Waals surface area contributed by atoms with Crippen LogP contribution in [0.1, 0.15) is 23.2 Å². The zero-order chi connectivity index (χ0) is 19.2. The molecule has 3 rings (SSSR count). The number of carboxylic acid groups (broad SMARTS) is 1. The molecule has 0 aliphatic heterocycles. The number of aryl methyl sites for hydroxylation is 1. The Morgan fingerprint density at radius 3 is 2.81 bits per heavy atom. The van der Waals surface area contributed by atoms with E-state index in [4.69, 9.17) is 10.5 Å². The number of rotatable bonds is 8. The highest BCUT2D eigenvalue weighted by Crippen LogP contribution is 2.29. The van der Waals surface area contributed by atoms with Gasteiger partial charge in [0.15, 0.2) is 5.82 Å². The van der Waals surface area contributed by atoms with Crippen LogP contribution in [0.2, 0.25) is 0 Å². The molecule has 0 atom stereocenters. The Hall–Kier alpha value is -2.94. The first-order valence-electron chi connectivity index (χ1n) is 8.31. The highest BCUT2D eigenvalue weighted by atomic mass is 79.9. The SMILES string of the molecule is Nc1cccc(-c2nncn2CCCCOc2c(Br)cccc2C(=O)O)n1. The van der Waals surface area contributed by atoms with Crippen LogP contribution in [0, 0.1) is 0 Å². The molecule has 0 unspecified atom stereocenters. The van der Waals surface area contributed by atoms with Crippen molar-refractivity contribution in [3.8, 4) is 17.3 Å². The number of unbranched alkanes of at least 4 members (excludes halogenated alkanes) is 1. The van der Waals surface area contributed by atoms with E-state index in [9.17, 15) is 9.90 Å². The fraction of sp³-hybridized carbons (Fsp3) is 0.222. The zero-order valence-electron chi connectivity index (χ0n) is 14.4. The van der Waals surface area contributed by atoms with Crippen molar-refractivity contribution in [2.45, 2.75) is 19.4 Å². The van der Waals surface area contributed by atoms with Crippen molar-refractivity contribution in [1.82, 2.24) is 19.7 Å². The summed E-state index contributed by atoms with van der Waals surface area (Å²) in [6.07, 6.45) is 3.19. The molecule has 8 nitrogen and oxygen atoms in total. The molecule has 0 bridgehead atoms. The first kappa shape index (κ1) is 18.8. The minimum atomic E-state index is -1.02. The van der Waals surface area contributed by atoms with Gasteiger partial charge in [0.05, 0.1) is 11.1 Å². The van der Waals surface area contributed by atoms with Crippen LogP contribution >= 0.6 is 15.9 Å². The first-order valence-corrected chi connectivity index (χ1v) is 9.11. The standard InChI is InChI=1S/C18H18BrN5O3/c19-13-6-3-5-12(18(25)26)16(13)27-10-2-1-9-24-11-21-23-17(24)14-7-4-8-15(20)22-14/h3-8,11H,1-2,9-10H2,(H2,20,22)(H,25,26). The third-order valence-electron chi connectivity index (χ3n) is 3.85. The molecule has 3 aromatic rings. The number of carboxylic acids is 1. The molecule has 140 valence electrons. The number of pyridine rings is 1. The van der Waals surface area contributed by atoms with Crippen molar-refractivity contribution in [1.29, 1.82) is 0 Å². The number of hydrogen-bond acceptors (Lipinski definition) is 6. The molecular formula is C18H18BrN5O3. The number of benzene rings is 1. The van der Waals surface area contributed by atoms with Crippen molar-refractivity contribution in [3.05, 3.63) is 52.8 Å². The molecule has 0 aliphatic carbocycles. The van der Waals surface area contributed by atoms with Crippen molar-refractivity contribution in [2.75, 3.05) is 12.3 Å². The monoisotopic (exact) mass is 431 g/mol. The molecule has 0 fully saturated rings. The Morgan fingerprint density at radius 1 is 1.22 bits per heavy atom. The van der Waals surface area contributed by atoms with Crippen LogP contribution in [-0.4, -0.2) is 37.4 Å². The van der Waals surface area contributed by atoms with Gasteiger partial charge in [0.1, 0.15) is 29.2 Å². The maximum Gasteiger partial charge on any atom is 0.339 e. The molecule has 3 N–H and O–H groups in total. The van der Waals surface area contributed by atoms with Gasteiger partial charge in [0.2, 0.25) is 0 Å². The molecular weight excluding hydrogens is 414 g/mol. The van der Waals surface area contributed by atoms with Gasteiger partial charge in [-0.15, -0.1) is 10.2 Å². The number of halogens is 1. The fourth-order valence-corrected chi connectivity index (χ4v) is 3.06. The van der Waals surface area contributed by atoms with Crippen LogP contribution in [0.15, 0.2) is 47.2 Å². The molecule has 0 aliphatic rings. The Balaban J connectivity index is 1.55. The predicted molar refractivity (Wildman–Crippen MR) is 103 cm³/mol. The lowest BCUT2D eigenvalue weighted by atomic mass is 10.2. The summed E-state index contributed by atoms with van der Waals surface area (Å²) >= 11 is 3.33. The van der Waals surface area contributed by atoms with Gasteiger partial charge in [-0.05, 0) is 53.0 Å². The smallest absolute Gasteiger partial charge is 0.339 e. The molecule has 2 aromatic heterocycles. The van der Waals surface area contributed by atoms with E-state index in [0.29, 0.717) is 40.7 Å². The number of ether oxygens (including phenoxy) is 1.